The van der Waals surface area contributed by atoms with E-state index in [0.29, 0.717) is 24.8 Å². The highest BCUT2D eigenvalue weighted by Gasteiger charge is 2.47. The lowest BCUT2D eigenvalue weighted by atomic mass is 9.83. The molecule has 3 aliphatic heterocycles. The van der Waals surface area contributed by atoms with Crippen LogP contribution in [0.15, 0.2) is 54.6 Å². The van der Waals surface area contributed by atoms with E-state index in [9.17, 15) is 9.18 Å². The predicted molar refractivity (Wildman–Crippen MR) is 128 cm³/mol. The van der Waals surface area contributed by atoms with Gasteiger partial charge in [0.2, 0.25) is 0 Å². The number of hydrogen-bond acceptors (Lipinski definition) is 3. The summed E-state index contributed by atoms with van der Waals surface area (Å²) in [6.45, 7) is 7.62. The Morgan fingerprint density at radius 2 is 1.76 bits per heavy atom. The molecule has 0 aromatic heterocycles. The van der Waals surface area contributed by atoms with Crippen molar-refractivity contribution in [3.05, 3.63) is 60.4 Å². The molecule has 2 bridgehead atoms. The van der Waals surface area contributed by atoms with Crippen LogP contribution in [0.25, 0.3) is 0 Å². The van der Waals surface area contributed by atoms with Gasteiger partial charge in [0.15, 0.2) is 6.10 Å². The third-order valence-corrected chi connectivity index (χ3v) is 7.18. The van der Waals surface area contributed by atoms with Crippen molar-refractivity contribution in [1.82, 2.24) is 0 Å². The van der Waals surface area contributed by atoms with Crippen LogP contribution in [-0.4, -0.2) is 56.0 Å². The number of anilines is 1. The summed E-state index contributed by atoms with van der Waals surface area (Å²) in [4.78, 5) is 15.0. The average molecular weight is 491 g/mol. The number of para-hydroxylation sites is 1. The van der Waals surface area contributed by atoms with E-state index >= 15 is 0 Å². The highest BCUT2D eigenvalue weighted by Crippen LogP contribution is 2.36. The number of quaternary nitrogens is 1. The summed E-state index contributed by atoms with van der Waals surface area (Å²) in [5.74, 6) is 0.917. The van der Waals surface area contributed by atoms with Crippen molar-refractivity contribution >= 4 is 11.8 Å². The predicted octanol–water partition coefficient (Wildman–Crippen LogP) is 2.65. The van der Waals surface area contributed by atoms with E-state index in [1.807, 2.05) is 30.3 Å². The first-order chi connectivity index (χ1) is 16.1. The van der Waals surface area contributed by atoms with Crippen molar-refractivity contribution in [3.63, 3.8) is 0 Å². The lowest BCUT2D eigenvalue weighted by Crippen LogP contribution is -3.00. The molecule has 0 N–H and O–H groups in total. The Balaban J connectivity index is 0.00000324. The first-order valence-electron chi connectivity index (χ1n) is 12.4. The van der Waals surface area contributed by atoms with Crippen LogP contribution in [0.5, 0.6) is 5.75 Å². The molecule has 3 fully saturated rings. The molecule has 2 aromatic rings. The molecule has 0 saturated carbocycles. The number of fused-ring (bicyclic) bond motifs is 3. The summed E-state index contributed by atoms with van der Waals surface area (Å²) in [6, 6.07) is 16.0. The fraction of sp³-hybridized carbons (Fsp3) is 0.519. The molecule has 0 aliphatic carbocycles. The molecule has 7 heteroatoms. The minimum atomic E-state index is -0.252. The monoisotopic (exact) mass is 490 g/mol. The van der Waals surface area contributed by atoms with E-state index in [-0.39, 0.29) is 30.4 Å². The Morgan fingerprint density at radius 1 is 1.06 bits per heavy atom. The van der Waals surface area contributed by atoms with Gasteiger partial charge in [-0.05, 0) is 42.8 Å². The van der Waals surface area contributed by atoms with Crippen LogP contribution in [0.4, 0.5) is 14.9 Å². The number of carbonyl (C=O) groups is 1. The van der Waals surface area contributed by atoms with E-state index in [1.165, 1.54) is 12.1 Å². The van der Waals surface area contributed by atoms with Crippen molar-refractivity contribution < 1.29 is 35.5 Å². The molecule has 3 heterocycles. The summed E-state index contributed by atoms with van der Waals surface area (Å²) in [7, 11) is 0. The number of rotatable bonds is 10. The molecule has 3 saturated heterocycles. The van der Waals surface area contributed by atoms with Gasteiger partial charge in [-0.15, -0.1) is 0 Å². The number of halogens is 2. The maximum atomic E-state index is 13.2. The van der Waals surface area contributed by atoms with E-state index in [2.05, 4.69) is 6.92 Å². The third kappa shape index (κ3) is 6.63. The topological polar surface area (TPSA) is 38.8 Å². The highest BCUT2D eigenvalue weighted by atomic mass is 35.5. The summed E-state index contributed by atoms with van der Waals surface area (Å²) in [5.41, 5.74) is 0.902. The van der Waals surface area contributed by atoms with Crippen molar-refractivity contribution in [2.45, 2.75) is 45.1 Å². The van der Waals surface area contributed by atoms with Gasteiger partial charge in [-0.2, -0.15) is 0 Å². The van der Waals surface area contributed by atoms with Crippen LogP contribution in [0, 0.1) is 11.7 Å². The highest BCUT2D eigenvalue weighted by molar-refractivity contribution is 5.87. The van der Waals surface area contributed by atoms with Crippen molar-refractivity contribution in [1.29, 1.82) is 0 Å². The van der Waals surface area contributed by atoms with Crippen LogP contribution in [0.1, 0.15) is 39.0 Å². The number of carbonyl (C=O) groups excluding carboxylic acids is 1. The van der Waals surface area contributed by atoms with Crippen LogP contribution < -0.4 is 22.0 Å². The van der Waals surface area contributed by atoms with Crippen LogP contribution in [-0.2, 0) is 4.74 Å². The summed E-state index contributed by atoms with van der Waals surface area (Å²) in [5, 5.41) is 0. The van der Waals surface area contributed by atoms with Gasteiger partial charge < -0.3 is 26.4 Å². The van der Waals surface area contributed by atoms with Gasteiger partial charge in [0.05, 0.1) is 26.2 Å². The molecule has 3 aliphatic rings. The number of unbranched alkanes of at least 4 members (excludes halogenated alkanes) is 1. The molecular weight excluding hydrogens is 455 g/mol. The largest absolute Gasteiger partial charge is 1.00 e. The number of piperidine rings is 3. The Hall–Kier alpha value is -2.31. The SMILES string of the molecule is CCCCN(C(=O)O[C@H]1C[N+]2(CCCOc3ccc(F)cc3)CCC1CC2)c1ccccc1.[Cl-]. The Kier molecular flexibility index (Phi) is 9.60. The zero-order chi connectivity index (χ0) is 23.1. The molecule has 0 radical (unpaired) electrons. The quantitative estimate of drug-likeness (QED) is 0.379. The average Bonchev–Trinajstić information content (AvgIpc) is 2.85. The number of amides is 1. The molecule has 186 valence electrons. The van der Waals surface area contributed by atoms with Crippen LogP contribution in [0.3, 0.4) is 0 Å². The summed E-state index contributed by atoms with van der Waals surface area (Å²) < 4.78 is 26.0. The van der Waals surface area contributed by atoms with Gasteiger partial charge in [0, 0.05) is 37.4 Å². The van der Waals surface area contributed by atoms with Crippen molar-refractivity contribution in [3.8, 4) is 5.75 Å². The Bertz CT molecular complexity index is 889. The smallest absolute Gasteiger partial charge is 0.414 e. The molecular formula is C27H36ClFN2O3. The van der Waals surface area contributed by atoms with Gasteiger partial charge in [0.1, 0.15) is 18.1 Å². The lowest BCUT2D eigenvalue weighted by Gasteiger charge is -2.52. The third-order valence-electron chi connectivity index (χ3n) is 7.18. The van der Waals surface area contributed by atoms with Gasteiger partial charge in [-0.1, -0.05) is 31.5 Å². The number of hydrogen-bond donors (Lipinski definition) is 0. The van der Waals surface area contributed by atoms with E-state index in [1.54, 1.807) is 17.0 Å². The van der Waals surface area contributed by atoms with Gasteiger partial charge >= 0.3 is 6.09 Å². The lowest BCUT2D eigenvalue weighted by molar-refractivity contribution is -0.946. The van der Waals surface area contributed by atoms with Crippen LogP contribution >= 0.6 is 0 Å². The first kappa shape index (κ1) is 26.3. The number of nitrogens with zero attached hydrogens (tertiary/aromatic N) is 2. The summed E-state index contributed by atoms with van der Waals surface area (Å²) >= 11 is 0. The van der Waals surface area contributed by atoms with E-state index < -0.39 is 0 Å². The molecule has 0 spiro atoms. The molecule has 5 rings (SSSR count). The van der Waals surface area contributed by atoms with Gasteiger partial charge in [-0.25, -0.2) is 9.18 Å². The second-order valence-electron chi connectivity index (χ2n) is 9.45. The minimum Gasteiger partial charge on any atom is -1.00 e. The fourth-order valence-corrected chi connectivity index (χ4v) is 5.23. The summed E-state index contributed by atoms with van der Waals surface area (Å²) in [6.07, 6.45) is 4.88. The maximum Gasteiger partial charge on any atom is 0.414 e. The van der Waals surface area contributed by atoms with Crippen LogP contribution in [0.2, 0.25) is 0 Å². The maximum absolute atomic E-state index is 13.2. The minimum absolute atomic E-state index is 0. The normalized spacial score (nSPS) is 23.1. The standard InChI is InChI=1S/C27H36FN2O3.ClH/c1-2-3-16-29(24-8-5-4-6-9-24)27(31)33-26-21-30(18-14-22(26)15-19-30)17-7-20-32-25-12-10-23(28)11-13-25;/h4-6,8-13,22,26H,2-3,7,14-21H2,1H3;1H/q+1;/p-1/t22?,26-,30?;/m0./s1. The number of benzene rings is 2. The Morgan fingerprint density at radius 3 is 2.44 bits per heavy atom. The zero-order valence-electron chi connectivity index (χ0n) is 20.0. The molecule has 1 atom stereocenters. The first-order valence-corrected chi connectivity index (χ1v) is 12.4. The zero-order valence-corrected chi connectivity index (χ0v) is 20.8. The molecule has 1 amide bonds. The molecule has 34 heavy (non-hydrogen) atoms. The molecule has 0 unspecified atom stereocenters. The number of ether oxygens (including phenoxy) is 2. The van der Waals surface area contributed by atoms with Crippen molar-refractivity contribution in [2.24, 2.45) is 5.92 Å². The van der Waals surface area contributed by atoms with Crippen molar-refractivity contribution in [2.75, 3.05) is 44.2 Å². The van der Waals surface area contributed by atoms with Gasteiger partial charge in [0.25, 0.3) is 0 Å². The van der Waals surface area contributed by atoms with E-state index in [0.717, 1.165) is 68.5 Å². The molecule has 5 nitrogen and oxygen atoms in total. The second-order valence-corrected chi connectivity index (χ2v) is 9.45. The Labute approximate surface area is 208 Å². The fourth-order valence-electron chi connectivity index (χ4n) is 5.23. The molecule has 2 aromatic carbocycles. The second kappa shape index (κ2) is 12.4. The van der Waals surface area contributed by atoms with E-state index in [4.69, 9.17) is 9.47 Å². The van der Waals surface area contributed by atoms with Gasteiger partial charge in [-0.3, -0.25) is 4.90 Å².